The van der Waals surface area contributed by atoms with Crippen molar-refractivity contribution in [3.8, 4) is 5.75 Å². The van der Waals surface area contributed by atoms with E-state index in [2.05, 4.69) is 9.89 Å². The number of oxime groups is 1. The van der Waals surface area contributed by atoms with Gasteiger partial charge in [0, 0.05) is 5.56 Å². The first-order valence-corrected chi connectivity index (χ1v) is 4.08. The van der Waals surface area contributed by atoms with E-state index in [1.54, 1.807) is 19.1 Å². The van der Waals surface area contributed by atoms with Gasteiger partial charge in [0.15, 0.2) is 5.84 Å². The molecule has 0 saturated heterocycles. The molecule has 0 amide bonds. The second-order valence-electron chi connectivity index (χ2n) is 2.84. The highest BCUT2D eigenvalue weighted by Gasteiger charge is 2.09. The molecule has 0 unspecified atom stereocenters. The molecule has 0 aliphatic carbocycles. The van der Waals surface area contributed by atoms with Gasteiger partial charge in [0.2, 0.25) is 0 Å². The van der Waals surface area contributed by atoms with Crippen molar-refractivity contribution >= 4 is 5.84 Å². The molecule has 82 valence electrons. The van der Waals surface area contributed by atoms with Crippen LogP contribution in [0.15, 0.2) is 23.4 Å². The Morgan fingerprint density at radius 1 is 1.53 bits per heavy atom. The predicted molar refractivity (Wildman–Crippen MR) is 50.3 cm³/mol. The fourth-order valence-electron chi connectivity index (χ4n) is 1.04. The molecule has 4 nitrogen and oxygen atoms in total. The van der Waals surface area contributed by atoms with E-state index in [0.717, 1.165) is 0 Å². The summed E-state index contributed by atoms with van der Waals surface area (Å²) in [6.07, 6.45) is 0. The lowest BCUT2D eigenvalue weighted by molar-refractivity contribution is -0.0502. The van der Waals surface area contributed by atoms with E-state index in [9.17, 15) is 8.78 Å². The number of nitrogens with zero attached hydrogens (tertiary/aromatic N) is 1. The summed E-state index contributed by atoms with van der Waals surface area (Å²) in [5.74, 6) is -0.150. The third kappa shape index (κ3) is 2.80. The molecular formula is C9H10F2N2O2. The van der Waals surface area contributed by atoms with E-state index >= 15 is 0 Å². The maximum Gasteiger partial charge on any atom is 0.387 e. The van der Waals surface area contributed by atoms with E-state index in [4.69, 9.17) is 10.9 Å². The summed E-state index contributed by atoms with van der Waals surface area (Å²) >= 11 is 0. The van der Waals surface area contributed by atoms with Crippen molar-refractivity contribution in [1.29, 1.82) is 0 Å². The minimum Gasteiger partial charge on any atom is -0.435 e. The van der Waals surface area contributed by atoms with Gasteiger partial charge in [0.05, 0.1) is 0 Å². The maximum atomic E-state index is 12.0. The number of rotatable bonds is 3. The van der Waals surface area contributed by atoms with Gasteiger partial charge in [-0.1, -0.05) is 17.3 Å². The molecule has 1 aromatic rings. The topological polar surface area (TPSA) is 67.8 Å². The molecule has 6 heteroatoms. The van der Waals surface area contributed by atoms with Crippen LogP contribution in [-0.2, 0) is 0 Å². The first-order chi connectivity index (χ1) is 7.04. The molecule has 15 heavy (non-hydrogen) atoms. The van der Waals surface area contributed by atoms with Crippen LogP contribution in [0.4, 0.5) is 8.78 Å². The summed E-state index contributed by atoms with van der Waals surface area (Å²) in [5, 5.41) is 11.2. The molecule has 0 heterocycles. The first-order valence-electron chi connectivity index (χ1n) is 4.08. The summed E-state index contributed by atoms with van der Waals surface area (Å²) in [4.78, 5) is 0. The van der Waals surface area contributed by atoms with E-state index in [0.29, 0.717) is 11.1 Å². The number of nitrogens with two attached hydrogens (primary N) is 1. The van der Waals surface area contributed by atoms with Gasteiger partial charge in [-0.15, -0.1) is 0 Å². The van der Waals surface area contributed by atoms with Crippen molar-refractivity contribution in [3.63, 3.8) is 0 Å². The van der Waals surface area contributed by atoms with Gasteiger partial charge in [0.25, 0.3) is 0 Å². The standard InChI is InChI=1S/C9H10F2N2O2/c1-5-2-3-6(8(12)13-14)4-7(5)15-9(10)11/h2-4,9,14H,1H3,(H2,12,13). The zero-order chi connectivity index (χ0) is 11.4. The molecule has 0 aromatic heterocycles. The number of alkyl halides is 2. The Hall–Kier alpha value is -1.85. The number of hydrogen-bond acceptors (Lipinski definition) is 3. The lowest BCUT2D eigenvalue weighted by atomic mass is 10.1. The number of benzene rings is 1. The van der Waals surface area contributed by atoms with Gasteiger partial charge in [-0.3, -0.25) is 0 Å². The number of ether oxygens (including phenoxy) is 1. The highest BCUT2D eigenvalue weighted by molar-refractivity contribution is 5.97. The smallest absolute Gasteiger partial charge is 0.387 e. The molecule has 0 radical (unpaired) electrons. The van der Waals surface area contributed by atoms with E-state index in [-0.39, 0.29) is 11.6 Å². The molecule has 1 rings (SSSR count). The third-order valence-corrected chi connectivity index (χ3v) is 1.81. The Bertz CT molecular complexity index is 380. The van der Waals surface area contributed by atoms with Crippen LogP contribution < -0.4 is 10.5 Å². The largest absolute Gasteiger partial charge is 0.435 e. The second kappa shape index (κ2) is 4.59. The number of hydrogen-bond donors (Lipinski definition) is 2. The number of amidine groups is 1. The van der Waals surface area contributed by atoms with Crippen molar-refractivity contribution in [1.82, 2.24) is 0 Å². The summed E-state index contributed by atoms with van der Waals surface area (Å²) in [5.41, 5.74) is 6.17. The van der Waals surface area contributed by atoms with Crippen molar-refractivity contribution < 1.29 is 18.7 Å². The van der Waals surface area contributed by atoms with Crippen molar-refractivity contribution in [3.05, 3.63) is 29.3 Å². The molecule has 0 spiro atoms. The average molecular weight is 216 g/mol. The van der Waals surface area contributed by atoms with Crippen molar-refractivity contribution in [2.24, 2.45) is 10.9 Å². The quantitative estimate of drug-likeness (QED) is 0.349. The summed E-state index contributed by atoms with van der Waals surface area (Å²) in [7, 11) is 0. The number of aryl methyl sites for hydroxylation is 1. The molecule has 0 bridgehead atoms. The molecule has 0 fully saturated rings. The zero-order valence-electron chi connectivity index (χ0n) is 7.95. The Labute approximate surface area is 85.0 Å². The van der Waals surface area contributed by atoms with E-state index in [1.807, 2.05) is 0 Å². The molecule has 0 aliphatic rings. The molecule has 0 aliphatic heterocycles. The van der Waals surface area contributed by atoms with E-state index in [1.165, 1.54) is 6.07 Å². The van der Waals surface area contributed by atoms with Gasteiger partial charge in [-0.2, -0.15) is 8.78 Å². The van der Waals surface area contributed by atoms with Crippen molar-refractivity contribution in [2.75, 3.05) is 0 Å². The Kier molecular flexibility index (Phi) is 3.43. The lowest BCUT2D eigenvalue weighted by Crippen LogP contribution is -2.13. The average Bonchev–Trinajstić information content (AvgIpc) is 2.19. The zero-order valence-corrected chi connectivity index (χ0v) is 7.95. The normalized spacial score (nSPS) is 11.9. The predicted octanol–water partition coefficient (Wildman–Crippen LogP) is 1.69. The van der Waals surface area contributed by atoms with Crippen molar-refractivity contribution in [2.45, 2.75) is 13.5 Å². The second-order valence-corrected chi connectivity index (χ2v) is 2.84. The first kappa shape index (κ1) is 11.2. The molecular weight excluding hydrogens is 206 g/mol. The van der Waals surface area contributed by atoms with Crippen LogP contribution in [0.5, 0.6) is 5.75 Å². The SMILES string of the molecule is Cc1ccc(/C(N)=N/O)cc1OC(F)F. The van der Waals surface area contributed by atoms with E-state index < -0.39 is 6.61 Å². The van der Waals surface area contributed by atoms with Crippen LogP contribution in [-0.4, -0.2) is 17.7 Å². The molecule has 0 atom stereocenters. The van der Waals surface area contributed by atoms with Gasteiger partial charge >= 0.3 is 6.61 Å². The van der Waals surface area contributed by atoms with Gasteiger partial charge in [0.1, 0.15) is 5.75 Å². The van der Waals surface area contributed by atoms with Crippen LogP contribution in [0.1, 0.15) is 11.1 Å². The Morgan fingerprint density at radius 3 is 2.73 bits per heavy atom. The third-order valence-electron chi connectivity index (χ3n) is 1.81. The Balaban J connectivity index is 3.05. The highest BCUT2D eigenvalue weighted by atomic mass is 19.3. The van der Waals surface area contributed by atoms with Crippen LogP contribution in [0, 0.1) is 6.92 Å². The summed E-state index contributed by atoms with van der Waals surface area (Å²) in [6, 6.07) is 4.38. The lowest BCUT2D eigenvalue weighted by Gasteiger charge is -2.09. The Morgan fingerprint density at radius 2 is 2.20 bits per heavy atom. The maximum absolute atomic E-state index is 12.0. The van der Waals surface area contributed by atoms with Gasteiger partial charge in [-0.25, -0.2) is 0 Å². The van der Waals surface area contributed by atoms with Gasteiger partial charge in [-0.05, 0) is 18.6 Å². The minimum atomic E-state index is -2.90. The van der Waals surface area contributed by atoms with Crippen LogP contribution >= 0.6 is 0 Å². The summed E-state index contributed by atoms with van der Waals surface area (Å²) in [6.45, 7) is -1.28. The molecule has 1 aromatic carbocycles. The number of halogens is 2. The van der Waals surface area contributed by atoms with Crippen LogP contribution in [0.2, 0.25) is 0 Å². The molecule has 0 saturated carbocycles. The fourth-order valence-corrected chi connectivity index (χ4v) is 1.04. The van der Waals surface area contributed by atoms with Crippen LogP contribution in [0.3, 0.4) is 0 Å². The van der Waals surface area contributed by atoms with Gasteiger partial charge < -0.3 is 15.7 Å². The summed E-state index contributed by atoms with van der Waals surface area (Å²) < 4.78 is 28.2. The van der Waals surface area contributed by atoms with Crippen LogP contribution in [0.25, 0.3) is 0 Å². The highest BCUT2D eigenvalue weighted by Crippen LogP contribution is 2.21. The monoisotopic (exact) mass is 216 g/mol. The minimum absolute atomic E-state index is 0.00843. The fraction of sp³-hybridized carbons (Fsp3) is 0.222. The molecule has 3 N–H and O–H groups in total.